The van der Waals surface area contributed by atoms with Gasteiger partial charge in [-0.3, -0.25) is 0 Å². The van der Waals surface area contributed by atoms with E-state index < -0.39 is 5.60 Å². The van der Waals surface area contributed by atoms with Crippen LogP contribution in [0.1, 0.15) is 52.4 Å². The number of nitrogens with zero attached hydrogens (tertiary/aromatic N) is 4. The van der Waals surface area contributed by atoms with Gasteiger partial charge < -0.3 is 19.5 Å². The molecule has 0 aliphatic carbocycles. The second-order valence-corrected chi connectivity index (χ2v) is 6.90. The van der Waals surface area contributed by atoms with Crippen LogP contribution >= 0.6 is 0 Å². The third-order valence-corrected chi connectivity index (χ3v) is 3.80. The lowest BCUT2D eigenvalue weighted by Crippen LogP contribution is -2.44. The van der Waals surface area contributed by atoms with Gasteiger partial charge in [-0.2, -0.15) is 0 Å². The highest BCUT2D eigenvalue weighted by atomic mass is 16.6. The summed E-state index contributed by atoms with van der Waals surface area (Å²) in [5.74, 6) is 0.891. The first-order valence-electron chi connectivity index (χ1n) is 7.85. The van der Waals surface area contributed by atoms with Crippen molar-refractivity contribution in [2.24, 2.45) is 7.05 Å². The molecule has 7 nitrogen and oxygen atoms in total. The van der Waals surface area contributed by atoms with Gasteiger partial charge in [0.2, 0.25) is 0 Å². The third-order valence-electron chi connectivity index (χ3n) is 3.80. The van der Waals surface area contributed by atoms with Gasteiger partial charge in [0.25, 0.3) is 0 Å². The molecule has 124 valence electrons. The van der Waals surface area contributed by atoms with Gasteiger partial charge in [-0.15, -0.1) is 10.2 Å². The zero-order valence-corrected chi connectivity index (χ0v) is 14.2. The number of hydrogen-bond acceptors (Lipinski definition) is 5. The molecule has 1 aliphatic rings. The van der Waals surface area contributed by atoms with Crippen molar-refractivity contribution >= 4 is 6.09 Å². The topological polar surface area (TPSA) is 72.3 Å². The van der Waals surface area contributed by atoms with Crippen molar-refractivity contribution in [1.82, 2.24) is 25.0 Å². The van der Waals surface area contributed by atoms with Gasteiger partial charge in [-0.1, -0.05) is 0 Å². The average Bonchev–Trinajstić information content (AvgIpc) is 3.02. The Morgan fingerprint density at radius 3 is 2.86 bits per heavy atom. The first kappa shape index (κ1) is 16.7. The number of rotatable bonds is 4. The maximum atomic E-state index is 12.2. The summed E-state index contributed by atoms with van der Waals surface area (Å²) in [6.45, 7) is 9.22. The summed E-state index contributed by atoms with van der Waals surface area (Å²) in [7, 11) is 1.93. The van der Waals surface area contributed by atoms with Crippen LogP contribution in [0.15, 0.2) is 6.33 Å². The van der Waals surface area contributed by atoms with Crippen molar-refractivity contribution in [3.05, 3.63) is 12.2 Å². The summed E-state index contributed by atoms with van der Waals surface area (Å²) in [5.41, 5.74) is -0.455. The minimum atomic E-state index is -0.455. The Bertz CT molecular complexity index is 508. The van der Waals surface area contributed by atoms with Gasteiger partial charge in [0.1, 0.15) is 17.8 Å². The number of carbonyl (C=O) groups excluding carboxylic acids is 1. The first-order valence-corrected chi connectivity index (χ1v) is 7.85. The van der Waals surface area contributed by atoms with Crippen LogP contribution in [0, 0.1) is 0 Å². The maximum absolute atomic E-state index is 12.2. The molecule has 2 unspecified atom stereocenters. The van der Waals surface area contributed by atoms with Crippen molar-refractivity contribution in [3.8, 4) is 0 Å². The smallest absolute Gasteiger partial charge is 0.410 e. The van der Waals surface area contributed by atoms with E-state index in [4.69, 9.17) is 4.74 Å². The molecular weight excluding hydrogens is 282 g/mol. The summed E-state index contributed by atoms with van der Waals surface area (Å²) < 4.78 is 7.38. The van der Waals surface area contributed by atoms with E-state index in [1.165, 1.54) is 0 Å². The standard InChI is InChI=1S/C15H27N5O2/c1-11(13-18-17-10-19(13)5)16-9-12-7-6-8-20(12)14(21)22-15(2,3)4/h10-12,16H,6-9H2,1-5H3. The second kappa shape index (κ2) is 6.64. The van der Waals surface area contributed by atoms with E-state index in [1.807, 2.05) is 37.3 Å². The zero-order valence-electron chi connectivity index (χ0n) is 14.2. The number of aromatic nitrogens is 3. The average molecular weight is 309 g/mol. The van der Waals surface area contributed by atoms with E-state index in [-0.39, 0.29) is 18.2 Å². The lowest BCUT2D eigenvalue weighted by Gasteiger charge is -2.29. The molecule has 1 N–H and O–H groups in total. The summed E-state index contributed by atoms with van der Waals surface area (Å²) in [4.78, 5) is 14.1. The number of hydrogen-bond donors (Lipinski definition) is 1. The third kappa shape index (κ3) is 4.19. The van der Waals surface area contributed by atoms with Crippen LogP contribution in [-0.4, -0.2) is 50.5 Å². The molecule has 1 aliphatic heterocycles. The fourth-order valence-electron chi connectivity index (χ4n) is 2.70. The minimum Gasteiger partial charge on any atom is -0.444 e. The molecule has 0 radical (unpaired) electrons. The van der Waals surface area contributed by atoms with Gasteiger partial charge in [0, 0.05) is 26.2 Å². The van der Waals surface area contributed by atoms with Crippen molar-refractivity contribution in [3.63, 3.8) is 0 Å². The molecule has 2 heterocycles. The van der Waals surface area contributed by atoms with E-state index in [2.05, 4.69) is 22.4 Å². The fraction of sp³-hybridized carbons (Fsp3) is 0.800. The molecule has 2 rings (SSSR count). The predicted octanol–water partition coefficient (Wildman–Crippen LogP) is 1.87. The van der Waals surface area contributed by atoms with Gasteiger partial charge in [0.15, 0.2) is 0 Å². The number of aryl methyl sites for hydroxylation is 1. The molecule has 22 heavy (non-hydrogen) atoms. The lowest BCUT2D eigenvalue weighted by molar-refractivity contribution is 0.0225. The van der Waals surface area contributed by atoms with Crippen LogP contribution in [0.4, 0.5) is 4.79 Å². The molecule has 1 saturated heterocycles. The number of ether oxygens (including phenoxy) is 1. The fourth-order valence-corrected chi connectivity index (χ4v) is 2.70. The van der Waals surface area contributed by atoms with Crippen LogP contribution < -0.4 is 5.32 Å². The Morgan fingerprint density at radius 2 is 2.27 bits per heavy atom. The molecule has 0 spiro atoms. The van der Waals surface area contributed by atoms with E-state index in [9.17, 15) is 4.79 Å². The Balaban J connectivity index is 1.89. The quantitative estimate of drug-likeness (QED) is 0.919. The van der Waals surface area contributed by atoms with E-state index in [0.717, 1.165) is 31.8 Å². The first-order chi connectivity index (χ1) is 10.3. The van der Waals surface area contributed by atoms with Crippen LogP contribution in [0.3, 0.4) is 0 Å². The highest BCUT2D eigenvalue weighted by Crippen LogP contribution is 2.21. The van der Waals surface area contributed by atoms with Crippen molar-refractivity contribution in [1.29, 1.82) is 0 Å². The molecular formula is C15H27N5O2. The van der Waals surface area contributed by atoms with Gasteiger partial charge in [-0.25, -0.2) is 4.79 Å². The SMILES string of the molecule is CC(NCC1CCCN1C(=O)OC(C)(C)C)c1nncn1C. The summed E-state index contributed by atoms with van der Waals surface area (Å²) in [6, 6.07) is 0.263. The number of nitrogens with one attached hydrogen (secondary N) is 1. The normalized spacial score (nSPS) is 20.2. The lowest BCUT2D eigenvalue weighted by atomic mass is 10.2. The Hall–Kier alpha value is -1.63. The van der Waals surface area contributed by atoms with Gasteiger partial charge in [-0.05, 0) is 40.5 Å². The molecule has 2 atom stereocenters. The molecule has 1 aromatic heterocycles. The number of likely N-dealkylation sites (tertiary alicyclic amines) is 1. The Labute approximate surface area is 132 Å². The Morgan fingerprint density at radius 1 is 1.55 bits per heavy atom. The molecule has 1 fully saturated rings. The number of amides is 1. The monoisotopic (exact) mass is 309 g/mol. The van der Waals surface area contributed by atoms with Crippen molar-refractivity contribution in [2.75, 3.05) is 13.1 Å². The highest BCUT2D eigenvalue weighted by Gasteiger charge is 2.32. The Kier molecular flexibility index (Phi) is 5.05. The summed E-state index contributed by atoms with van der Waals surface area (Å²) in [6.07, 6.45) is 3.49. The number of carbonyl (C=O) groups is 1. The maximum Gasteiger partial charge on any atom is 0.410 e. The largest absolute Gasteiger partial charge is 0.444 e. The molecule has 0 saturated carbocycles. The molecule has 1 aromatic rings. The van der Waals surface area contributed by atoms with Gasteiger partial charge in [0.05, 0.1) is 6.04 Å². The van der Waals surface area contributed by atoms with Gasteiger partial charge >= 0.3 is 6.09 Å². The molecule has 0 bridgehead atoms. The van der Waals surface area contributed by atoms with E-state index in [1.54, 1.807) is 6.33 Å². The second-order valence-electron chi connectivity index (χ2n) is 6.90. The van der Waals surface area contributed by atoms with Crippen LogP contribution in [0.25, 0.3) is 0 Å². The molecule has 7 heteroatoms. The van der Waals surface area contributed by atoms with Crippen molar-refractivity contribution < 1.29 is 9.53 Å². The molecule has 0 aromatic carbocycles. The summed E-state index contributed by atoms with van der Waals surface area (Å²) >= 11 is 0. The highest BCUT2D eigenvalue weighted by molar-refractivity contribution is 5.69. The van der Waals surface area contributed by atoms with Crippen LogP contribution in [0.5, 0.6) is 0 Å². The molecule has 1 amide bonds. The van der Waals surface area contributed by atoms with Crippen molar-refractivity contribution in [2.45, 2.75) is 58.2 Å². The summed E-state index contributed by atoms with van der Waals surface area (Å²) in [5, 5.41) is 11.4. The van der Waals surface area contributed by atoms with Crippen LogP contribution in [0.2, 0.25) is 0 Å². The van der Waals surface area contributed by atoms with E-state index >= 15 is 0 Å². The minimum absolute atomic E-state index is 0.0913. The van der Waals surface area contributed by atoms with E-state index in [0.29, 0.717) is 0 Å². The predicted molar refractivity (Wildman–Crippen MR) is 83.4 cm³/mol. The van der Waals surface area contributed by atoms with Crippen LogP contribution in [-0.2, 0) is 11.8 Å². The zero-order chi connectivity index (χ0) is 16.3.